The van der Waals surface area contributed by atoms with Gasteiger partial charge in [0.1, 0.15) is 5.75 Å². The Labute approximate surface area is 244 Å². The third-order valence-corrected chi connectivity index (χ3v) is 7.24. The van der Waals surface area contributed by atoms with E-state index in [-0.39, 0.29) is 24.4 Å². The van der Waals surface area contributed by atoms with Gasteiger partial charge >= 0.3 is 0 Å². The summed E-state index contributed by atoms with van der Waals surface area (Å²) in [6.07, 6.45) is 1.17. The molecule has 41 heavy (non-hydrogen) atoms. The number of nitrogens with two attached hydrogens (primary N) is 1. The normalized spacial score (nSPS) is 13.9. The van der Waals surface area contributed by atoms with E-state index in [4.69, 9.17) is 26.8 Å². The fraction of sp³-hybridized carbons (Fsp3) is 0.367. The summed E-state index contributed by atoms with van der Waals surface area (Å²) in [6, 6.07) is 14.8. The van der Waals surface area contributed by atoms with Gasteiger partial charge in [-0.1, -0.05) is 36.7 Å². The maximum Gasteiger partial charge on any atom is 0.272 e. The number of aryl methyl sites for hydroxylation is 1. The van der Waals surface area contributed by atoms with Crippen molar-refractivity contribution in [1.29, 1.82) is 0 Å². The largest absolute Gasteiger partial charge is 0.480 e. The number of aromatic nitrogens is 1. The van der Waals surface area contributed by atoms with Crippen LogP contribution in [0.1, 0.15) is 35.6 Å². The van der Waals surface area contributed by atoms with Crippen molar-refractivity contribution in [2.24, 2.45) is 5.73 Å². The molecule has 218 valence electrons. The van der Waals surface area contributed by atoms with Gasteiger partial charge in [0.05, 0.1) is 26.2 Å². The first-order chi connectivity index (χ1) is 19.8. The zero-order valence-electron chi connectivity index (χ0n) is 23.3. The van der Waals surface area contributed by atoms with Gasteiger partial charge in [0.15, 0.2) is 6.10 Å². The summed E-state index contributed by atoms with van der Waals surface area (Å²) in [5.41, 5.74) is 12.2. The second kappa shape index (κ2) is 14.0. The number of morpholine rings is 1. The number of pyridine rings is 1. The fourth-order valence-electron chi connectivity index (χ4n) is 4.67. The molecule has 1 aliphatic heterocycles. The molecule has 2 heterocycles. The van der Waals surface area contributed by atoms with E-state index in [0.717, 1.165) is 29.9 Å². The van der Waals surface area contributed by atoms with Crippen molar-refractivity contribution < 1.29 is 19.1 Å². The number of nitrogens with one attached hydrogen (secondary N) is 2. The quantitative estimate of drug-likeness (QED) is 0.300. The van der Waals surface area contributed by atoms with Gasteiger partial charge in [-0.05, 0) is 54.8 Å². The number of carbonyl (C=O) groups excluding carboxylic acids is 2. The molecule has 4 N–H and O–H groups in total. The molecule has 2 aromatic carbocycles. The number of amides is 2. The van der Waals surface area contributed by atoms with Gasteiger partial charge in [-0.25, -0.2) is 4.68 Å². The minimum absolute atomic E-state index is 0.0978. The molecule has 11 heteroatoms. The van der Waals surface area contributed by atoms with Crippen LogP contribution in [0.25, 0.3) is 0 Å². The lowest BCUT2D eigenvalue weighted by Crippen LogP contribution is -2.37. The van der Waals surface area contributed by atoms with E-state index in [0.29, 0.717) is 48.1 Å². The molecule has 0 aliphatic carbocycles. The number of primary amides is 1. The number of rotatable bonds is 12. The Morgan fingerprint density at radius 3 is 2.59 bits per heavy atom. The third kappa shape index (κ3) is 7.80. The average Bonchev–Trinajstić information content (AvgIpc) is 2.97. The van der Waals surface area contributed by atoms with Crippen molar-refractivity contribution >= 4 is 29.1 Å². The minimum Gasteiger partial charge on any atom is -0.480 e. The Morgan fingerprint density at radius 2 is 1.85 bits per heavy atom. The lowest BCUT2D eigenvalue weighted by molar-refractivity contribution is -0.125. The third-order valence-electron chi connectivity index (χ3n) is 7.00. The van der Waals surface area contributed by atoms with E-state index >= 15 is 0 Å². The summed E-state index contributed by atoms with van der Waals surface area (Å²) in [4.78, 5) is 40.2. The van der Waals surface area contributed by atoms with E-state index in [1.807, 2.05) is 24.3 Å². The SMILES string of the molecule is CCC(Oc1ccc(Cl)cc1CNC(=O)Cc1c(C)ccn(NCc2ccccc2N2CCOCC2)c1=O)C(N)=O. The van der Waals surface area contributed by atoms with Gasteiger partial charge in [0.25, 0.3) is 11.5 Å². The maximum atomic E-state index is 13.3. The predicted octanol–water partition coefficient (Wildman–Crippen LogP) is 2.89. The number of anilines is 1. The number of halogens is 1. The van der Waals surface area contributed by atoms with E-state index < -0.39 is 12.0 Å². The second-order valence-electron chi connectivity index (χ2n) is 9.84. The molecule has 0 spiro atoms. The van der Waals surface area contributed by atoms with Crippen molar-refractivity contribution in [3.8, 4) is 5.75 Å². The van der Waals surface area contributed by atoms with Crippen LogP contribution in [-0.2, 0) is 33.8 Å². The lowest BCUT2D eigenvalue weighted by Gasteiger charge is -2.30. The fourth-order valence-corrected chi connectivity index (χ4v) is 4.86. The molecule has 1 unspecified atom stereocenters. The van der Waals surface area contributed by atoms with Crippen LogP contribution in [0, 0.1) is 6.92 Å². The number of nitrogens with zero attached hydrogens (tertiary/aromatic N) is 2. The van der Waals surface area contributed by atoms with Crippen molar-refractivity contribution in [1.82, 2.24) is 9.99 Å². The summed E-state index contributed by atoms with van der Waals surface area (Å²) in [6.45, 7) is 7.12. The van der Waals surface area contributed by atoms with Crippen LogP contribution in [0.5, 0.6) is 5.75 Å². The Bertz CT molecular complexity index is 1440. The molecule has 1 aliphatic rings. The van der Waals surface area contributed by atoms with Crippen LogP contribution >= 0.6 is 11.6 Å². The van der Waals surface area contributed by atoms with Crippen LogP contribution in [0.4, 0.5) is 5.69 Å². The molecule has 3 aromatic rings. The zero-order valence-corrected chi connectivity index (χ0v) is 24.1. The highest BCUT2D eigenvalue weighted by Crippen LogP contribution is 2.25. The summed E-state index contributed by atoms with van der Waals surface area (Å²) in [5.74, 6) is -0.514. The molecule has 10 nitrogen and oxygen atoms in total. The Balaban J connectivity index is 1.43. The molecule has 2 amide bonds. The molecular formula is C30H36ClN5O5. The standard InChI is InChI=1S/C30H36ClN5O5/c1-3-26(29(32)38)41-27-9-8-23(31)16-22(27)18-33-28(37)17-24-20(2)10-11-36(30(24)39)34-19-21-6-4-5-7-25(21)35-12-14-40-15-13-35/h4-11,16,26,34H,3,12-15,17-19H2,1-2H3,(H2,32,38)(H,33,37). The lowest BCUT2D eigenvalue weighted by atomic mass is 10.1. The first-order valence-corrected chi connectivity index (χ1v) is 14.0. The molecule has 0 radical (unpaired) electrons. The molecule has 1 aromatic heterocycles. The van der Waals surface area contributed by atoms with Crippen LogP contribution < -0.4 is 31.7 Å². The highest BCUT2D eigenvalue weighted by molar-refractivity contribution is 6.30. The Hall–Kier alpha value is -4.02. The highest BCUT2D eigenvalue weighted by atomic mass is 35.5. The average molecular weight is 582 g/mol. The van der Waals surface area contributed by atoms with Crippen molar-refractivity contribution in [3.05, 3.63) is 92.4 Å². The summed E-state index contributed by atoms with van der Waals surface area (Å²) in [5, 5.41) is 3.29. The number of hydrogen-bond acceptors (Lipinski definition) is 7. The van der Waals surface area contributed by atoms with Gasteiger partial charge in [-0.15, -0.1) is 0 Å². The van der Waals surface area contributed by atoms with Gasteiger partial charge in [0, 0.05) is 47.7 Å². The smallest absolute Gasteiger partial charge is 0.272 e. The number of para-hydroxylation sites is 1. The Kier molecular flexibility index (Phi) is 10.3. The minimum atomic E-state index is -0.801. The number of ether oxygens (including phenoxy) is 2. The summed E-state index contributed by atoms with van der Waals surface area (Å²) >= 11 is 6.16. The second-order valence-corrected chi connectivity index (χ2v) is 10.3. The molecule has 4 rings (SSSR count). The first kappa shape index (κ1) is 30.0. The van der Waals surface area contributed by atoms with E-state index in [1.165, 1.54) is 4.68 Å². The first-order valence-electron chi connectivity index (χ1n) is 13.6. The molecule has 1 saturated heterocycles. The van der Waals surface area contributed by atoms with Crippen LogP contribution in [0.3, 0.4) is 0 Å². The van der Waals surface area contributed by atoms with Crippen LogP contribution in [0.15, 0.2) is 59.5 Å². The highest BCUT2D eigenvalue weighted by Gasteiger charge is 2.19. The van der Waals surface area contributed by atoms with E-state index in [1.54, 1.807) is 38.2 Å². The van der Waals surface area contributed by atoms with E-state index in [2.05, 4.69) is 21.7 Å². The van der Waals surface area contributed by atoms with Crippen LogP contribution in [-0.4, -0.2) is 48.9 Å². The molecule has 1 atom stereocenters. The molecule has 0 bridgehead atoms. The number of carbonyl (C=O) groups is 2. The van der Waals surface area contributed by atoms with Crippen LogP contribution in [0.2, 0.25) is 5.02 Å². The molecule has 0 saturated carbocycles. The number of hydrogen-bond donors (Lipinski definition) is 3. The van der Waals surface area contributed by atoms with Crippen molar-refractivity contribution in [2.75, 3.05) is 36.6 Å². The summed E-state index contributed by atoms with van der Waals surface area (Å²) < 4.78 is 12.7. The van der Waals surface area contributed by atoms with Crippen molar-refractivity contribution in [3.63, 3.8) is 0 Å². The van der Waals surface area contributed by atoms with Gasteiger partial charge in [0.2, 0.25) is 5.91 Å². The van der Waals surface area contributed by atoms with Gasteiger partial charge in [-0.2, -0.15) is 0 Å². The Morgan fingerprint density at radius 1 is 1.10 bits per heavy atom. The zero-order chi connectivity index (χ0) is 29.4. The predicted molar refractivity (Wildman–Crippen MR) is 159 cm³/mol. The van der Waals surface area contributed by atoms with Crippen molar-refractivity contribution in [2.45, 2.75) is 45.9 Å². The number of benzene rings is 2. The monoisotopic (exact) mass is 581 g/mol. The topological polar surface area (TPSA) is 128 Å². The van der Waals surface area contributed by atoms with Gasteiger partial charge in [-0.3, -0.25) is 14.4 Å². The van der Waals surface area contributed by atoms with Gasteiger partial charge < -0.3 is 30.8 Å². The maximum absolute atomic E-state index is 13.3. The summed E-state index contributed by atoms with van der Waals surface area (Å²) in [7, 11) is 0. The molecular weight excluding hydrogens is 546 g/mol. The molecule has 1 fully saturated rings. The van der Waals surface area contributed by atoms with E-state index in [9.17, 15) is 14.4 Å².